The Morgan fingerprint density at radius 3 is 2.77 bits per heavy atom. The maximum Gasteiger partial charge on any atom is 0.255 e. The number of hydrogen-bond acceptors (Lipinski definition) is 5. The van der Waals surface area contributed by atoms with Gasteiger partial charge < -0.3 is 15.5 Å². The van der Waals surface area contributed by atoms with Crippen LogP contribution < -0.4 is 16.0 Å². The van der Waals surface area contributed by atoms with Crippen molar-refractivity contribution in [3.63, 3.8) is 0 Å². The zero-order valence-corrected chi connectivity index (χ0v) is 16.9. The lowest BCUT2D eigenvalue weighted by atomic mass is 9.98. The first-order chi connectivity index (χ1) is 15.0. The zero-order valence-electron chi connectivity index (χ0n) is 16.9. The molecule has 1 unspecified atom stereocenters. The van der Waals surface area contributed by atoms with Gasteiger partial charge in [-0.05, 0) is 60.3 Å². The molecule has 3 heterocycles. The second kappa shape index (κ2) is 7.63. The van der Waals surface area contributed by atoms with Gasteiger partial charge in [0.05, 0.1) is 0 Å². The van der Waals surface area contributed by atoms with Gasteiger partial charge in [0.15, 0.2) is 0 Å². The van der Waals surface area contributed by atoms with E-state index in [1.807, 2.05) is 12.1 Å². The molecule has 0 aromatic heterocycles. The highest BCUT2D eigenvalue weighted by Gasteiger charge is 2.39. The minimum Gasteiger partial charge on any atom is -0.322 e. The smallest absolute Gasteiger partial charge is 0.255 e. The number of imide groups is 1. The summed E-state index contributed by atoms with van der Waals surface area (Å²) in [4.78, 5) is 50.8. The van der Waals surface area contributed by atoms with Crippen molar-refractivity contribution in [3.05, 3.63) is 64.2 Å². The summed E-state index contributed by atoms with van der Waals surface area (Å²) in [7, 11) is 0. The van der Waals surface area contributed by atoms with E-state index in [1.54, 1.807) is 18.2 Å². The molecule has 31 heavy (non-hydrogen) atoms. The molecule has 8 heteroatoms. The first-order valence-corrected chi connectivity index (χ1v) is 10.4. The Morgan fingerprint density at radius 1 is 1.06 bits per heavy atom. The number of rotatable bonds is 3. The van der Waals surface area contributed by atoms with E-state index < -0.39 is 11.9 Å². The molecule has 5 rings (SSSR count). The van der Waals surface area contributed by atoms with Crippen molar-refractivity contribution in [2.75, 3.05) is 11.9 Å². The molecule has 3 aliphatic heterocycles. The van der Waals surface area contributed by atoms with Crippen LogP contribution >= 0.6 is 0 Å². The Balaban J connectivity index is 1.35. The molecule has 0 bridgehead atoms. The van der Waals surface area contributed by atoms with Crippen LogP contribution in [0.5, 0.6) is 0 Å². The first kappa shape index (κ1) is 19.4. The quantitative estimate of drug-likeness (QED) is 0.652. The molecule has 0 spiro atoms. The maximum atomic E-state index is 12.9. The second-order valence-electron chi connectivity index (χ2n) is 8.10. The van der Waals surface area contributed by atoms with Gasteiger partial charge in [0.2, 0.25) is 11.8 Å². The highest BCUT2D eigenvalue weighted by atomic mass is 16.2. The van der Waals surface area contributed by atoms with E-state index in [4.69, 9.17) is 0 Å². The molecule has 3 N–H and O–H groups in total. The van der Waals surface area contributed by atoms with Gasteiger partial charge >= 0.3 is 0 Å². The van der Waals surface area contributed by atoms with Crippen LogP contribution in [0.1, 0.15) is 50.2 Å². The van der Waals surface area contributed by atoms with Gasteiger partial charge in [-0.3, -0.25) is 24.5 Å². The zero-order chi connectivity index (χ0) is 21.5. The molecule has 1 atom stereocenters. The Bertz CT molecular complexity index is 1130. The molecule has 2 aromatic rings. The molecule has 158 valence electrons. The third kappa shape index (κ3) is 3.48. The lowest BCUT2D eigenvalue weighted by molar-refractivity contribution is -0.136. The van der Waals surface area contributed by atoms with Gasteiger partial charge in [-0.25, -0.2) is 0 Å². The van der Waals surface area contributed by atoms with Crippen LogP contribution in [0.2, 0.25) is 0 Å². The number of fused-ring (bicyclic) bond motifs is 2. The number of anilines is 1. The Kier molecular flexibility index (Phi) is 4.78. The van der Waals surface area contributed by atoms with Gasteiger partial charge in [0, 0.05) is 36.3 Å². The molecule has 8 nitrogen and oxygen atoms in total. The van der Waals surface area contributed by atoms with Gasteiger partial charge in [-0.1, -0.05) is 12.1 Å². The Hall–Kier alpha value is -3.52. The van der Waals surface area contributed by atoms with Gasteiger partial charge in [-0.2, -0.15) is 0 Å². The summed E-state index contributed by atoms with van der Waals surface area (Å²) in [5, 5.41) is 8.63. The predicted molar refractivity (Wildman–Crippen MR) is 112 cm³/mol. The molecular weight excluding hydrogens is 396 g/mol. The third-order valence-electron chi connectivity index (χ3n) is 6.17. The average molecular weight is 418 g/mol. The molecule has 2 aromatic carbocycles. The highest BCUT2D eigenvalue weighted by molar-refractivity contribution is 6.08. The fourth-order valence-electron chi connectivity index (χ4n) is 4.56. The van der Waals surface area contributed by atoms with Crippen LogP contribution in [-0.2, 0) is 29.1 Å². The first-order valence-electron chi connectivity index (χ1n) is 10.4. The summed E-state index contributed by atoms with van der Waals surface area (Å²) in [6, 6.07) is 10.2. The van der Waals surface area contributed by atoms with E-state index in [0.29, 0.717) is 23.1 Å². The van der Waals surface area contributed by atoms with Crippen LogP contribution in [0.25, 0.3) is 0 Å². The fourth-order valence-corrected chi connectivity index (χ4v) is 4.56. The van der Waals surface area contributed by atoms with Crippen LogP contribution in [0, 0.1) is 0 Å². The molecule has 0 radical (unpaired) electrons. The normalized spacial score (nSPS) is 20.2. The molecule has 0 saturated carbocycles. The molecule has 0 aliphatic carbocycles. The number of carbonyl (C=O) groups excluding carboxylic acids is 4. The lowest BCUT2D eigenvalue weighted by Crippen LogP contribution is -2.52. The number of nitrogens with one attached hydrogen (secondary N) is 3. The lowest BCUT2D eigenvalue weighted by Gasteiger charge is -2.29. The average Bonchev–Trinajstić information content (AvgIpc) is 3.09. The summed E-state index contributed by atoms with van der Waals surface area (Å²) in [5.74, 6) is -1.25. The van der Waals surface area contributed by atoms with Crippen molar-refractivity contribution < 1.29 is 19.2 Å². The monoisotopic (exact) mass is 418 g/mol. The van der Waals surface area contributed by atoms with E-state index in [0.717, 1.165) is 30.8 Å². The fraction of sp³-hybridized carbons (Fsp3) is 0.304. The summed E-state index contributed by atoms with van der Waals surface area (Å²) in [6.45, 7) is 1.90. The summed E-state index contributed by atoms with van der Waals surface area (Å²) in [6.07, 6.45) is 1.37. The SMILES string of the molecule is O=C1CCC(N2Cc3cc(C(=O)Nc4cccc5c4CCNC5)ccc3C2=O)C(=O)N1. The van der Waals surface area contributed by atoms with Gasteiger partial charge in [-0.15, -0.1) is 0 Å². The number of carbonyl (C=O) groups is 4. The van der Waals surface area contributed by atoms with Crippen LogP contribution in [0.4, 0.5) is 5.69 Å². The van der Waals surface area contributed by atoms with Crippen LogP contribution in [0.15, 0.2) is 36.4 Å². The van der Waals surface area contributed by atoms with Gasteiger partial charge in [0.1, 0.15) is 6.04 Å². The standard InChI is InChI=1S/C23H22N4O4/c28-20-7-6-19(22(30)26-20)27-12-15-10-13(4-5-17(15)23(27)31)21(29)25-18-3-1-2-14-11-24-9-8-16(14)18/h1-5,10,19,24H,6-9,11-12H2,(H,25,29)(H,26,28,30). The number of benzene rings is 2. The van der Waals surface area contributed by atoms with Crippen molar-refractivity contribution in [2.45, 2.75) is 38.4 Å². The van der Waals surface area contributed by atoms with Crippen molar-refractivity contribution in [1.29, 1.82) is 0 Å². The Morgan fingerprint density at radius 2 is 1.94 bits per heavy atom. The minimum atomic E-state index is -0.667. The van der Waals surface area contributed by atoms with E-state index in [-0.39, 0.29) is 30.7 Å². The van der Waals surface area contributed by atoms with Crippen molar-refractivity contribution >= 4 is 29.3 Å². The van der Waals surface area contributed by atoms with E-state index in [9.17, 15) is 19.2 Å². The summed E-state index contributed by atoms with van der Waals surface area (Å²) in [5.41, 5.74) is 4.80. The second-order valence-corrected chi connectivity index (χ2v) is 8.10. The van der Waals surface area contributed by atoms with Crippen molar-refractivity contribution in [1.82, 2.24) is 15.5 Å². The number of nitrogens with zero attached hydrogens (tertiary/aromatic N) is 1. The minimum absolute atomic E-state index is 0.209. The summed E-state index contributed by atoms with van der Waals surface area (Å²) < 4.78 is 0. The molecule has 1 saturated heterocycles. The van der Waals surface area contributed by atoms with Gasteiger partial charge in [0.25, 0.3) is 11.8 Å². The van der Waals surface area contributed by atoms with E-state index >= 15 is 0 Å². The largest absolute Gasteiger partial charge is 0.322 e. The predicted octanol–water partition coefficient (Wildman–Crippen LogP) is 1.35. The van der Waals surface area contributed by atoms with Crippen molar-refractivity contribution in [3.8, 4) is 0 Å². The number of amides is 4. The topological polar surface area (TPSA) is 108 Å². The number of piperidine rings is 1. The molecule has 1 fully saturated rings. The maximum absolute atomic E-state index is 12.9. The van der Waals surface area contributed by atoms with E-state index in [1.165, 1.54) is 10.5 Å². The van der Waals surface area contributed by atoms with Crippen LogP contribution in [-0.4, -0.2) is 41.1 Å². The highest BCUT2D eigenvalue weighted by Crippen LogP contribution is 2.29. The summed E-state index contributed by atoms with van der Waals surface area (Å²) >= 11 is 0. The molecule has 4 amide bonds. The molecule has 3 aliphatic rings. The van der Waals surface area contributed by atoms with Crippen molar-refractivity contribution in [2.24, 2.45) is 0 Å². The van der Waals surface area contributed by atoms with E-state index in [2.05, 4.69) is 22.0 Å². The molecular formula is C23H22N4O4. The Labute approximate surface area is 179 Å². The van der Waals surface area contributed by atoms with Crippen LogP contribution in [0.3, 0.4) is 0 Å². The third-order valence-corrected chi connectivity index (χ3v) is 6.17. The number of hydrogen-bond donors (Lipinski definition) is 3.